The minimum atomic E-state index is -3.76. The van der Waals surface area contributed by atoms with E-state index in [0.29, 0.717) is 17.1 Å². The van der Waals surface area contributed by atoms with E-state index < -0.39 is 10.0 Å². The molecule has 0 saturated heterocycles. The lowest BCUT2D eigenvalue weighted by molar-refractivity contribution is 0.417. The third-order valence-corrected chi connectivity index (χ3v) is 4.11. The number of nitrogens with one attached hydrogen (secondary N) is 2. The second kappa shape index (κ2) is 5.81. The number of hydrogen-bond acceptors (Lipinski definition) is 5. The molecule has 0 atom stereocenters. The van der Waals surface area contributed by atoms with E-state index in [2.05, 4.69) is 10.1 Å². The van der Waals surface area contributed by atoms with Crippen LogP contribution in [0.25, 0.3) is 0 Å². The summed E-state index contributed by atoms with van der Waals surface area (Å²) in [6.45, 7) is 0. The van der Waals surface area contributed by atoms with Crippen molar-refractivity contribution in [2.24, 2.45) is 5.84 Å². The molecule has 0 aromatic heterocycles. The summed E-state index contributed by atoms with van der Waals surface area (Å²) in [7, 11) is -2.29. The standard InChI is InChI=1S/C13H15N3O3S/c1-19-12-8-4-2-6-10(12)16-20(17,18)13-9-5-3-7-11(13)15-14/h2-9,15-16H,14H2,1H3. The zero-order valence-corrected chi connectivity index (χ0v) is 11.6. The average Bonchev–Trinajstić information content (AvgIpc) is 2.47. The van der Waals surface area contributed by atoms with Gasteiger partial charge in [-0.3, -0.25) is 10.6 Å². The molecule has 0 aliphatic heterocycles. The van der Waals surface area contributed by atoms with E-state index in [-0.39, 0.29) is 4.90 Å². The largest absolute Gasteiger partial charge is 0.495 e. The van der Waals surface area contributed by atoms with Crippen LogP contribution in [0, 0.1) is 0 Å². The van der Waals surface area contributed by atoms with Gasteiger partial charge >= 0.3 is 0 Å². The first-order chi connectivity index (χ1) is 9.58. The van der Waals surface area contributed by atoms with Crippen LogP contribution in [-0.4, -0.2) is 15.5 Å². The molecule has 0 aliphatic carbocycles. The molecule has 2 rings (SSSR count). The number of hydrazine groups is 1. The summed E-state index contributed by atoms with van der Waals surface area (Å²) in [5, 5.41) is 0. The van der Waals surface area contributed by atoms with Crippen molar-refractivity contribution in [3.63, 3.8) is 0 Å². The first-order valence-electron chi connectivity index (χ1n) is 5.80. The Morgan fingerprint density at radius 3 is 2.25 bits per heavy atom. The van der Waals surface area contributed by atoms with Crippen LogP contribution >= 0.6 is 0 Å². The first kappa shape index (κ1) is 14.2. The Morgan fingerprint density at radius 1 is 1.00 bits per heavy atom. The second-order valence-electron chi connectivity index (χ2n) is 3.95. The zero-order chi connectivity index (χ0) is 14.6. The maximum Gasteiger partial charge on any atom is 0.264 e. The van der Waals surface area contributed by atoms with Gasteiger partial charge in [0.2, 0.25) is 0 Å². The Balaban J connectivity index is 2.41. The van der Waals surface area contributed by atoms with Crippen molar-refractivity contribution in [3.05, 3.63) is 48.5 Å². The Labute approximate surface area is 117 Å². The van der Waals surface area contributed by atoms with Crippen molar-refractivity contribution < 1.29 is 13.2 Å². The fourth-order valence-corrected chi connectivity index (χ4v) is 2.99. The molecule has 6 nitrogen and oxygen atoms in total. The molecule has 20 heavy (non-hydrogen) atoms. The van der Waals surface area contributed by atoms with Crippen LogP contribution < -0.4 is 20.7 Å². The topological polar surface area (TPSA) is 93.4 Å². The normalized spacial score (nSPS) is 10.9. The van der Waals surface area contributed by atoms with Gasteiger partial charge in [0, 0.05) is 0 Å². The first-order valence-corrected chi connectivity index (χ1v) is 7.28. The molecule has 2 aromatic carbocycles. The number of anilines is 2. The molecule has 0 heterocycles. The van der Waals surface area contributed by atoms with E-state index in [1.807, 2.05) is 0 Å². The Bertz CT molecular complexity index is 702. The lowest BCUT2D eigenvalue weighted by Gasteiger charge is -2.13. The van der Waals surface area contributed by atoms with Crippen LogP contribution in [0.4, 0.5) is 11.4 Å². The lowest BCUT2D eigenvalue weighted by Crippen LogP contribution is -2.17. The van der Waals surface area contributed by atoms with Gasteiger partial charge in [-0.1, -0.05) is 24.3 Å². The lowest BCUT2D eigenvalue weighted by atomic mass is 10.3. The highest BCUT2D eigenvalue weighted by molar-refractivity contribution is 7.92. The monoisotopic (exact) mass is 293 g/mol. The van der Waals surface area contributed by atoms with Crippen LogP contribution in [-0.2, 0) is 10.0 Å². The number of hydrogen-bond donors (Lipinski definition) is 3. The third kappa shape index (κ3) is 2.84. The maximum atomic E-state index is 12.4. The molecule has 0 spiro atoms. The molecule has 0 saturated carbocycles. The van der Waals surface area contributed by atoms with Gasteiger partial charge in [0.25, 0.3) is 10.0 Å². The number of para-hydroxylation sites is 3. The molecule has 7 heteroatoms. The predicted molar refractivity (Wildman–Crippen MR) is 78.1 cm³/mol. The Morgan fingerprint density at radius 2 is 1.60 bits per heavy atom. The number of nitrogens with two attached hydrogens (primary N) is 1. The fourth-order valence-electron chi connectivity index (χ4n) is 1.75. The fraction of sp³-hybridized carbons (Fsp3) is 0.0769. The van der Waals surface area contributed by atoms with Gasteiger partial charge in [0.05, 0.1) is 18.5 Å². The minimum Gasteiger partial charge on any atom is -0.495 e. The van der Waals surface area contributed by atoms with Gasteiger partial charge < -0.3 is 10.2 Å². The summed E-state index contributed by atoms with van der Waals surface area (Å²) in [5.41, 5.74) is 3.04. The van der Waals surface area contributed by atoms with Gasteiger partial charge in [-0.2, -0.15) is 0 Å². The van der Waals surface area contributed by atoms with Crippen LogP contribution in [0.15, 0.2) is 53.4 Å². The SMILES string of the molecule is COc1ccccc1NS(=O)(=O)c1ccccc1NN. The molecule has 0 aliphatic rings. The van der Waals surface area contributed by atoms with Crippen molar-refractivity contribution >= 4 is 21.4 Å². The van der Waals surface area contributed by atoms with Crippen LogP contribution in [0.1, 0.15) is 0 Å². The number of nitrogen functional groups attached to an aromatic ring is 1. The molecule has 0 unspecified atom stereocenters. The summed E-state index contributed by atoms with van der Waals surface area (Å²) < 4.78 is 32.4. The van der Waals surface area contributed by atoms with Gasteiger partial charge in [0.1, 0.15) is 10.6 Å². The quantitative estimate of drug-likeness (QED) is 0.577. The Kier molecular flexibility index (Phi) is 4.11. The molecule has 106 valence electrons. The smallest absolute Gasteiger partial charge is 0.264 e. The number of rotatable bonds is 5. The Hall–Kier alpha value is -2.25. The van der Waals surface area contributed by atoms with Gasteiger partial charge in [-0.15, -0.1) is 0 Å². The molecule has 4 N–H and O–H groups in total. The zero-order valence-electron chi connectivity index (χ0n) is 10.8. The molecule has 0 amide bonds. The minimum absolute atomic E-state index is 0.0633. The molecular formula is C13H15N3O3S. The molecular weight excluding hydrogens is 278 g/mol. The second-order valence-corrected chi connectivity index (χ2v) is 5.60. The molecule has 0 bridgehead atoms. The van der Waals surface area contributed by atoms with Crippen molar-refractivity contribution in [1.29, 1.82) is 0 Å². The number of benzene rings is 2. The molecule has 0 fully saturated rings. The summed E-state index contributed by atoms with van der Waals surface area (Å²) in [6.07, 6.45) is 0. The number of ether oxygens (including phenoxy) is 1. The molecule has 2 aromatic rings. The van der Waals surface area contributed by atoms with Gasteiger partial charge in [-0.25, -0.2) is 8.42 Å². The maximum absolute atomic E-state index is 12.4. The van der Waals surface area contributed by atoms with Crippen molar-refractivity contribution in [3.8, 4) is 5.75 Å². The summed E-state index contributed by atoms with van der Waals surface area (Å²) in [5.74, 6) is 5.77. The summed E-state index contributed by atoms with van der Waals surface area (Å²) in [4.78, 5) is 0.0633. The highest BCUT2D eigenvalue weighted by atomic mass is 32.2. The van der Waals surface area contributed by atoms with Gasteiger partial charge in [0.15, 0.2) is 0 Å². The third-order valence-electron chi connectivity index (χ3n) is 2.68. The highest BCUT2D eigenvalue weighted by Crippen LogP contribution is 2.28. The van der Waals surface area contributed by atoms with E-state index in [9.17, 15) is 8.42 Å². The van der Waals surface area contributed by atoms with Crippen molar-refractivity contribution in [2.45, 2.75) is 4.90 Å². The van der Waals surface area contributed by atoms with E-state index in [1.165, 1.54) is 13.2 Å². The van der Waals surface area contributed by atoms with Crippen LogP contribution in [0.2, 0.25) is 0 Å². The summed E-state index contributed by atoms with van der Waals surface area (Å²) >= 11 is 0. The number of sulfonamides is 1. The van der Waals surface area contributed by atoms with E-state index in [4.69, 9.17) is 10.6 Å². The van der Waals surface area contributed by atoms with Crippen LogP contribution in [0.5, 0.6) is 5.75 Å². The average molecular weight is 293 g/mol. The highest BCUT2D eigenvalue weighted by Gasteiger charge is 2.19. The van der Waals surface area contributed by atoms with E-state index in [0.717, 1.165) is 0 Å². The predicted octanol–water partition coefficient (Wildman–Crippen LogP) is 1.78. The van der Waals surface area contributed by atoms with Gasteiger partial charge in [-0.05, 0) is 24.3 Å². The van der Waals surface area contributed by atoms with Crippen LogP contribution in [0.3, 0.4) is 0 Å². The van der Waals surface area contributed by atoms with E-state index >= 15 is 0 Å². The molecule has 0 radical (unpaired) electrons. The summed E-state index contributed by atoms with van der Waals surface area (Å²) in [6, 6.07) is 13.1. The van der Waals surface area contributed by atoms with Crippen molar-refractivity contribution in [2.75, 3.05) is 17.3 Å². The number of methoxy groups -OCH3 is 1. The van der Waals surface area contributed by atoms with E-state index in [1.54, 1.807) is 42.5 Å². The van der Waals surface area contributed by atoms with Crippen molar-refractivity contribution in [1.82, 2.24) is 0 Å².